The molecule has 158 valence electrons. The highest BCUT2D eigenvalue weighted by Gasteiger charge is 2.24. The molecule has 1 fully saturated rings. The molecule has 0 amide bonds. The van der Waals surface area contributed by atoms with Gasteiger partial charge in [0.25, 0.3) is 0 Å². The quantitative estimate of drug-likeness (QED) is 0.484. The van der Waals surface area contributed by atoms with E-state index in [1.54, 1.807) is 35.0 Å². The Balaban J connectivity index is 1.73. The van der Waals surface area contributed by atoms with Gasteiger partial charge in [0, 0.05) is 23.7 Å². The van der Waals surface area contributed by atoms with E-state index in [2.05, 4.69) is 16.9 Å². The number of anilines is 2. The molecule has 2 N–H and O–H groups in total. The standard InChI is InChI=1S/C23H22ClFN6/c1-14-10-12-30(13-11-14)23-27-20(17-4-2-3-5-18(17)25)19-21(26)31(29-22(19)28-23)16-8-6-15(24)7-9-16/h2-9,14H,10-13,26H2,1H3. The molecule has 0 saturated carbocycles. The second-order valence-electron chi connectivity index (χ2n) is 7.99. The highest BCUT2D eigenvalue weighted by Crippen LogP contribution is 2.35. The summed E-state index contributed by atoms with van der Waals surface area (Å²) >= 11 is 6.03. The van der Waals surface area contributed by atoms with Crippen molar-refractivity contribution >= 4 is 34.4 Å². The molecule has 2 aromatic heterocycles. The molecule has 3 heterocycles. The van der Waals surface area contributed by atoms with Crippen LogP contribution in [-0.2, 0) is 0 Å². The SMILES string of the molecule is CC1CCN(c2nc(-c3ccccc3F)c3c(N)n(-c4ccc(Cl)cc4)nc3n2)CC1. The fourth-order valence-corrected chi connectivity index (χ4v) is 4.10. The molecule has 0 spiro atoms. The maximum absolute atomic E-state index is 14.8. The number of aromatic nitrogens is 4. The van der Waals surface area contributed by atoms with Crippen LogP contribution in [0.2, 0.25) is 5.02 Å². The van der Waals surface area contributed by atoms with E-state index in [4.69, 9.17) is 27.3 Å². The molecule has 1 saturated heterocycles. The molecule has 1 aliphatic rings. The molecule has 4 aromatic rings. The molecule has 5 rings (SSSR count). The van der Waals surface area contributed by atoms with Gasteiger partial charge >= 0.3 is 0 Å². The number of rotatable bonds is 3. The van der Waals surface area contributed by atoms with Crippen LogP contribution in [0.15, 0.2) is 48.5 Å². The Kier molecular flexibility index (Phi) is 4.98. The normalized spacial score (nSPS) is 15.0. The molecule has 0 aliphatic carbocycles. The number of nitrogens with zero attached hydrogens (tertiary/aromatic N) is 5. The van der Waals surface area contributed by atoms with Gasteiger partial charge in [0.2, 0.25) is 5.95 Å². The van der Waals surface area contributed by atoms with Crippen LogP contribution < -0.4 is 10.6 Å². The number of nitrogens with two attached hydrogens (primary N) is 1. The van der Waals surface area contributed by atoms with E-state index < -0.39 is 0 Å². The third kappa shape index (κ3) is 3.59. The van der Waals surface area contributed by atoms with Gasteiger partial charge < -0.3 is 10.6 Å². The number of halogens is 2. The van der Waals surface area contributed by atoms with Gasteiger partial charge in [0.1, 0.15) is 11.6 Å². The van der Waals surface area contributed by atoms with E-state index in [1.165, 1.54) is 6.07 Å². The molecular weight excluding hydrogens is 415 g/mol. The number of nitrogen functional groups attached to an aromatic ring is 1. The zero-order chi connectivity index (χ0) is 21.5. The van der Waals surface area contributed by atoms with E-state index >= 15 is 0 Å². The average molecular weight is 437 g/mol. The molecule has 2 aromatic carbocycles. The van der Waals surface area contributed by atoms with Crippen molar-refractivity contribution in [1.29, 1.82) is 0 Å². The van der Waals surface area contributed by atoms with Crippen LogP contribution in [0.3, 0.4) is 0 Å². The Labute approximate surface area is 184 Å². The summed E-state index contributed by atoms with van der Waals surface area (Å²) in [4.78, 5) is 11.6. The fraction of sp³-hybridized carbons (Fsp3) is 0.261. The molecule has 6 nitrogen and oxygen atoms in total. The van der Waals surface area contributed by atoms with Crippen LogP contribution in [0.25, 0.3) is 28.0 Å². The van der Waals surface area contributed by atoms with Gasteiger partial charge in [-0.2, -0.15) is 4.98 Å². The van der Waals surface area contributed by atoms with Gasteiger partial charge in [-0.3, -0.25) is 0 Å². The first kappa shape index (κ1) is 19.8. The fourth-order valence-electron chi connectivity index (χ4n) is 3.98. The van der Waals surface area contributed by atoms with Crippen LogP contribution >= 0.6 is 11.6 Å². The van der Waals surface area contributed by atoms with Crippen LogP contribution in [0.5, 0.6) is 0 Å². The predicted octanol–water partition coefficient (Wildman–Crippen LogP) is 5.09. The van der Waals surface area contributed by atoms with E-state index in [0.29, 0.717) is 45.0 Å². The van der Waals surface area contributed by atoms with Gasteiger partial charge in [0.15, 0.2) is 5.65 Å². The zero-order valence-corrected chi connectivity index (χ0v) is 17.8. The van der Waals surface area contributed by atoms with Crippen molar-refractivity contribution in [1.82, 2.24) is 19.7 Å². The van der Waals surface area contributed by atoms with Crippen molar-refractivity contribution in [3.05, 3.63) is 59.4 Å². The van der Waals surface area contributed by atoms with E-state index in [0.717, 1.165) is 31.6 Å². The third-order valence-corrected chi connectivity index (χ3v) is 6.08. The smallest absolute Gasteiger partial charge is 0.228 e. The number of piperidine rings is 1. The summed E-state index contributed by atoms with van der Waals surface area (Å²) in [6, 6.07) is 13.8. The lowest BCUT2D eigenvalue weighted by atomic mass is 9.99. The molecule has 8 heteroatoms. The maximum Gasteiger partial charge on any atom is 0.228 e. The van der Waals surface area contributed by atoms with Crippen molar-refractivity contribution < 1.29 is 4.39 Å². The van der Waals surface area contributed by atoms with Crippen molar-refractivity contribution in [2.75, 3.05) is 23.7 Å². The van der Waals surface area contributed by atoms with Crippen LogP contribution in [0.1, 0.15) is 19.8 Å². The highest BCUT2D eigenvalue weighted by atomic mass is 35.5. The average Bonchev–Trinajstić information content (AvgIpc) is 3.11. The van der Waals surface area contributed by atoms with E-state index in [-0.39, 0.29) is 5.82 Å². The molecular formula is C23H22ClFN6. The Morgan fingerprint density at radius 1 is 1.03 bits per heavy atom. The zero-order valence-electron chi connectivity index (χ0n) is 17.1. The summed E-state index contributed by atoms with van der Waals surface area (Å²) in [7, 11) is 0. The Morgan fingerprint density at radius 2 is 1.74 bits per heavy atom. The van der Waals surface area contributed by atoms with Gasteiger partial charge in [-0.05, 0) is 55.2 Å². The summed E-state index contributed by atoms with van der Waals surface area (Å²) in [5.41, 5.74) is 8.51. The molecule has 0 unspecified atom stereocenters. The van der Waals surface area contributed by atoms with Crippen molar-refractivity contribution in [2.45, 2.75) is 19.8 Å². The molecule has 1 aliphatic heterocycles. The Bertz CT molecular complexity index is 1250. The van der Waals surface area contributed by atoms with E-state index in [1.807, 2.05) is 12.1 Å². The summed E-state index contributed by atoms with van der Waals surface area (Å²) < 4.78 is 16.4. The lowest BCUT2D eigenvalue weighted by molar-refractivity contribution is 0.434. The second kappa shape index (κ2) is 7.81. The minimum absolute atomic E-state index is 0.356. The first-order valence-corrected chi connectivity index (χ1v) is 10.7. The van der Waals surface area contributed by atoms with Crippen LogP contribution in [-0.4, -0.2) is 32.8 Å². The molecule has 0 radical (unpaired) electrons. The van der Waals surface area contributed by atoms with Crippen LogP contribution in [0, 0.1) is 11.7 Å². The van der Waals surface area contributed by atoms with Gasteiger partial charge in [0.05, 0.1) is 16.8 Å². The Morgan fingerprint density at radius 3 is 2.45 bits per heavy atom. The van der Waals surface area contributed by atoms with Gasteiger partial charge in [-0.15, -0.1) is 5.10 Å². The highest BCUT2D eigenvalue weighted by molar-refractivity contribution is 6.30. The second-order valence-corrected chi connectivity index (χ2v) is 8.43. The number of fused-ring (bicyclic) bond motifs is 1. The third-order valence-electron chi connectivity index (χ3n) is 5.82. The number of hydrogen-bond acceptors (Lipinski definition) is 5. The summed E-state index contributed by atoms with van der Waals surface area (Å²) in [5.74, 6) is 1.22. The minimum atomic E-state index is -0.362. The van der Waals surface area contributed by atoms with Crippen molar-refractivity contribution in [3.63, 3.8) is 0 Å². The summed E-state index contributed by atoms with van der Waals surface area (Å²) in [6.45, 7) is 3.97. The number of hydrogen-bond donors (Lipinski definition) is 1. The van der Waals surface area contributed by atoms with Gasteiger partial charge in [-0.25, -0.2) is 14.1 Å². The van der Waals surface area contributed by atoms with Crippen LogP contribution in [0.4, 0.5) is 16.2 Å². The largest absolute Gasteiger partial charge is 0.383 e. The van der Waals surface area contributed by atoms with E-state index in [9.17, 15) is 4.39 Å². The molecule has 0 atom stereocenters. The first-order valence-electron chi connectivity index (χ1n) is 10.3. The molecule has 0 bridgehead atoms. The summed E-state index contributed by atoms with van der Waals surface area (Å²) in [6.07, 6.45) is 2.13. The summed E-state index contributed by atoms with van der Waals surface area (Å²) in [5, 5.41) is 5.80. The lowest BCUT2D eigenvalue weighted by Crippen LogP contribution is -2.34. The minimum Gasteiger partial charge on any atom is -0.383 e. The maximum atomic E-state index is 14.8. The molecule has 31 heavy (non-hydrogen) atoms. The Hall–Kier alpha value is -3.19. The monoisotopic (exact) mass is 436 g/mol. The lowest BCUT2D eigenvalue weighted by Gasteiger charge is -2.30. The van der Waals surface area contributed by atoms with Crippen molar-refractivity contribution in [2.24, 2.45) is 5.92 Å². The first-order chi connectivity index (χ1) is 15.0. The number of benzene rings is 2. The predicted molar refractivity (Wildman–Crippen MR) is 122 cm³/mol. The van der Waals surface area contributed by atoms with Gasteiger partial charge in [-0.1, -0.05) is 30.7 Å². The topological polar surface area (TPSA) is 72.9 Å². The van der Waals surface area contributed by atoms with Crippen molar-refractivity contribution in [3.8, 4) is 16.9 Å².